The number of carbonyl (C=O) groups excluding carboxylic acids is 3. The van der Waals surface area contributed by atoms with Gasteiger partial charge in [-0.1, -0.05) is 38.4 Å². The molecule has 5 aliphatic rings. The highest BCUT2D eigenvalue weighted by molar-refractivity contribution is 6.30. The molecule has 0 amide bonds. The molecule has 0 N–H and O–H groups in total. The molecule has 0 spiro atoms. The largest absolute Gasteiger partial charge is 0.458 e. The molecule has 4 fully saturated rings. The van der Waals surface area contributed by atoms with Crippen LogP contribution < -0.4 is 0 Å². The quantitative estimate of drug-likeness (QED) is 0.432. The highest BCUT2D eigenvalue weighted by atomic mass is 35.5. The summed E-state index contributed by atoms with van der Waals surface area (Å²) in [6.07, 6.45) is -0.628. The third-order valence-electron chi connectivity index (χ3n) is 10.5. The van der Waals surface area contributed by atoms with Crippen LogP contribution >= 0.6 is 11.6 Å². The maximum Gasteiger partial charge on any atom is 0.338 e. The first-order valence-electron chi connectivity index (χ1n) is 14.5. The van der Waals surface area contributed by atoms with Crippen LogP contribution in [0.25, 0.3) is 0 Å². The van der Waals surface area contributed by atoms with Crippen molar-refractivity contribution in [3.8, 4) is 0 Å². The van der Waals surface area contributed by atoms with E-state index in [-0.39, 0.29) is 24.9 Å². The second-order valence-electron chi connectivity index (χ2n) is 13.7. The summed E-state index contributed by atoms with van der Waals surface area (Å²) >= 11 is 6.23. The smallest absolute Gasteiger partial charge is 0.338 e. The van der Waals surface area contributed by atoms with Gasteiger partial charge in [0.05, 0.1) is 18.3 Å². The molecule has 0 aromatic heterocycles. The second-order valence-corrected chi connectivity index (χ2v) is 14.2. The van der Waals surface area contributed by atoms with Crippen LogP contribution in [0.1, 0.15) is 78.1 Å². The minimum absolute atomic E-state index is 0.0115. The first-order valence-corrected chi connectivity index (χ1v) is 14.9. The number of benzene rings is 1. The van der Waals surface area contributed by atoms with Crippen molar-refractivity contribution in [2.45, 2.75) is 104 Å². The van der Waals surface area contributed by atoms with Crippen LogP contribution in [0.4, 0.5) is 0 Å². The minimum Gasteiger partial charge on any atom is -0.458 e. The van der Waals surface area contributed by atoms with Crippen LogP contribution in [0, 0.1) is 22.7 Å². The van der Waals surface area contributed by atoms with Crippen molar-refractivity contribution in [2.75, 3.05) is 6.61 Å². The van der Waals surface area contributed by atoms with E-state index >= 15 is 0 Å². The molecule has 2 saturated carbocycles. The molecule has 9 heteroatoms. The first-order chi connectivity index (χ1) is 19.1. The van der Waals surface area contributed by atoms with E-state index in [1.165, 1.54) is 6.92 Å². The Morgan fingerprint density at radius 1 is 1.10 bits per heavy atom. The maximum absolute atomic E-state index is 13.9. The van der Waals surface area contributed by atoms with Crippen LogP contribution in [0.3, 0.4) is 0 Å². The number of ether oxygens (including phenoxy) is 5. The van der Waals surface area contributed by atoms with Gasteiger partial charge in [-0.25, -0.2) is 4.79 Å². The molecular weight excluding hydrogens is 548 g/mol. The fourth-order valence-electron chi connectivity index (χ4n) is 8.73. The van der Waals surface area contributed by atoms with Crippen molar-refractivity contribution in [2.24, 2.45) is 22.7 Å². The average molecular weight is 587 g/mol. The minimum atomic E-state index is -1.05. The summed E-state index contributed by atoms with van der Waals surface area (Å²) in [6, 6.07) is 6.63. The van der Waals surface area contributed by atoms with Gasteiger partial charge in [-0.15, -0.1) is 0 Å². The Balaban J connectivity index is 1.59. The zero-order valence-electron chi connectivity index (χ0n) is 24.7. The SMILES string of the molecule is CC(=O)O[C@@]12CO[C@@H]1CC[C@@]1(C)[C@H]3OC(C)(C)O[C@@H]3C3=C(C)C(=O)C[C@@H]([C@@H](OC(=O)c4cccc(Cl)c4)[C@@H]12)C3(C)C. The third kappa shape index (κ3) is 4.23. The molecule has 2 aliphatic heterocycles. The average Bonchev–Trinajstić information content (AvgIpc) is 3.18. The molecule has 1 aromatic carbocycles. The summed E-state index contributed by atoms with van der Waals surface area (Å²) in [4.78, 5) is 40.2. The lowest BCUT2D eigenvalue weighted by Gasteiger charge is -2.66. The molecule has 2 bridgehead atoms. The van der Waals surface area contributed by atoms with Gasteiger partial charge in [-0.3, -0.25) is 9.59 Å². The van der Waals surface area contributed by atoms with Gasteiger partial charge < -0.3 is 23.7 Å². The van der Waals surface area contributed by atoms with Crippen LogP contribution in [0.2, 0.25) is 5.02 Å². The zero-order valence-corrected chi connectivity index (χ0v) is 25.5. The summed E-state index contributed by atoms with van der Waals surface area (Å²) in [5.41, 5.74) is -0.433. The Hall–Kier alpha value is -2.26. The Morgan fingerprint density at radius 2 is 1.83 bits per heavy atom. The number of rotatable bonds is 3. The number of hydrogen-bond acceptors (Lipinski definition) is 8. The molecule has 0 radical (unpaired) electrons. The van der Waals surface area contributed by atoms with Gasteiger partial charge in [-0.2, -0.15) is 0 Å². The fraction of sp³-hybridized carbons (Fsp3) is 0.656. The molecule has 6 rings (SSSR count). The predicted molar refractivity (Wildman–Crippen MR) is 149 cm³/mol. The van der Waals surface area contributed by atoms with Crippen molar-refractivity contribution in [1.29, 1.82) is 0 Å². The fourth-order valence-corrected chi connectivity index (χ4v) is 8.92. The number of fused-ring (bicyclic) bond motifs is 8. The highest BCUT2D eigenvalue weighted by Crippen LogP contribution is 2.65. The Bertz CT molecular complexity index is 1350. The number of halogens is 1. The molecule has 0 unspecified atom stereocenters. The van der Waals surface area contributed by atoms with Gasteiger partial charge in [-0.05, 0) is 68.4 Å². The van der Waals surface area contributed by atoms with E-state index in [9.17, 15) is 14.4 Å². The zero-order chi connectivity index (χ0) is 29.7. The van der Waals surface area contributed by atoms with Gasteiger partial charge in [0.2, 0.25) is 0 Å². The van der Waals surface area contributed by atoms with E-state index in [0.717, 1.165) is 5.57 Å². The normalized spacial score (nSPS) is 40.2. The van der Waals surface area contributed by atoms with Crippen LogP contribution in [-0.4, -0.2) is 60.1 Å². The topological polar surface area (TPSA) is 97.4 Å². The van der Waals surface area contributed by atoms with Crippen LogP contribution in [0.15, 0.2) is 35.4 Å². The molecule has 8 atom stereocenters. The number of ketones is 1. The summed E-state index contributed by atoms with van der Waals surface area (Å²) in [7, 11) is 0. The molecule has 3 aliphatic carbocycles. The predicted octanol–water partition coefficient (Wildman–Crippen LogP) is 5.45. The van der Waals surface area contributed by atoms with Crippen LogP contribution in [-0.2, 0) is 33.3 Å². The van der Waals surface area contributed by atoms with Gasteiger partial charge in [0.15, 0.2) is 17.2 Å². The van der Waals surface area contributed by atoms with E-state index < -0.39 is 64.3 Å². The monoisotopic (exact) mass is 586 g/mol. The standard InChI is InChI=1S/C32H39ClO8/c1-16-21(35)14-20-24(38-28(36)18-9-8-10-19(33)13-18)26-31(7,12-11-22-32(26,15-37-22)39-17(2)34)27-25(23(16)29(20,3)4)40-30(5,6)41-27/h8-10,13,20,22,24-27H,11-12,14-15H2,1-7H3/t20-,22+,24+,25+,26-,27-,31+,32-/m0/s1. The van der Waals surface area contributed by atoms with Gasteiger partial charge in [0.1, 0.15) is 18.3 Å². The Kier molecular flexibility index (Phi) is 6.59. The number of allylic oxidation sites excluding steroid dienone is 1. The molecule has 1 aromatic rings. The Labute approximate surface area is 246 Å². The summed E-state index contributed by atoms with van der Waals surface area (Å²) < 4.78 is 32.2. The Morgan fingerprint density at radius 3 is 2.46 bits per heavy atom. The molecule has 8 nitrogen and oxygen atoms in total. The van der Waals surface area contributed by atoms with Crippen molar-refractivity contribution in [3.63, 3.8) is 0 Å². The van der Waals surface area contributed by atoms with Crippen LogP contribution in [0.5, 0.6) is 0 Å². The number of Topliss-reactive ketones (excluding diaryl/α,β-unsaturated/α-hetero) is 1. The van der Waals surface area contributed by atoms with Crippen molar-refractivity contribution >= 4 is 29.3 Å². The highest BCUT2D eigenvalue weighted by Gasteiger charge is 2.74. The van der Waals surface area contributed by atoms with E-state index in [0.29, 0.717) is 29.0 Å². The number of esters is 2. The van der Waals surface area contributed by atoms with Gasteiger partial charge >= 0.3 is 11.9 Å². The third-order valence-corrected chi connectivity index (χ3v) is 10.7. The van der Waals surface area contributed by atoms with E-state index in [4.69, 9.17) is 35.3 Å². The number of hydrogen-bond donors (Lipinski definition) is 0. The van der Waals surface area contributed by atoms with E-state index in [2.05, 4.69) is 20.8 Å². The van der Waals surface area contributed by atoms with E-state index in [1.807, 2.05) is 20.8 Å². The summed E-state index contributed by atoms with van der Waals surface area (Å²) in [5.74, 6) is -2.85. The van der Waals surface area contributed by atoms with E-state index in [1.54, 1.807) is 24.3 Å². The first kappa shape index (κ1) is 28.8. The molecule has 2 heterocycles. The lowest BCUT2D eigenvalue weighted by atomic mass is 9.46. The summed E-state index contributed by atoms with van der Waals surface area (Å²) in [6.45, 7) is 13.5. The van der Waals surface area contributed by atoms with Gasteiger partial charge in [0.25, 0.3) is 0 Å². The van der Waals surface area contributed by atoms with Crippen molar-refractivity contribution < 1.29 is 38.1 Å². The van der Waals surface area contributed by atoms with Gasteiger partial charge in [0, 0.05) is 35.6 Å². The lowest BCUT2D eigenvalue weighted by Crippen LogP contribution is -2.76. The molecule has 222 valence electrons. The second kappa shape index (κ2) is 9.37. The maximum atomic E-state index is 13.9. The lowest BCUT2D eigenvalue weighted by molar-refractivity contribution is -0.334. The summed E-state index contributed by atoms with van der Waals surface area (Å²) in [5, 5.41) is 0.416. The number of carbonyl (C=O) groups is 3. The van der Waals surface area contributed by atoms with Crippen molar-refractivity contribution in [3.05, 3.63) is 46.0 Å². The molecule has 2 saturated heterocycles. The molecule has 41 heavy (non-hydrogen) atoms. The van der Waals surface area contributed by atoms with Crippen molar-refractivity contribution in [1.82, 2.24) is 0 Å². The molecular formula is C32H39ClO8.